The van der Waals surface area contributed by atoms with E-state index in [1.807, 2.05) is 20.8 Å². The van der Waals surface area contributed by atoms with Crippen molar-refractivity contribution >= 4 is 37.1 Å². The van der Waals surface area contributed by atoms with Gasteiger partial charge in [-0.05, 0) is 45.4 Å². The minimum absolute atomic E-state index is 0.129. The van der Waals surface area contributed by atoms with Gasteiger partial charge in [0.25, 0.3) is 17.5 Å². The number of carbonyl (C=O) groups excluding carboxylic acids is 2. The Kier molecular flexibility index (Phi) is 7.16. The number of benzene rings is 2. The largest absolute Gasteiger partial charge is 0.500 e. The van der Waals surface area contributed by atoms with E-state index in [1.54, 1.807) is 18.2 Å². The Hall–Kier alpha value is -2.66. The molecular formula is C21H26N2O7Si. The zero-order valence-corrected chi connectivity index (χ0v) is 18.9. The molecule has 0 saturated carbocycles. The lowest BCUT2D eigenvalue weighted by Gasteiger charge is -2.30. The fourth-order valence-electron chi connectivity index (χ4n) is 3.95. The maximum atomic E-state index is 13.1. The van der Waals surface area contributed by atoms with Gasteiger partial charge in [-0.3, -0.25) is 24.6 Å². The summed E-state index contributed by atoms with van der Waals surface area (Å²) >= 11 is 0. The van der Waals surface area contributed by atoms with E-state index < -0.39 is 25.5 Å². The lowest BCUT2D eigenvalue weighted by atomic mass is 9.93. The van der Waals surface area contributed by atoms with Crippen molar-refractivity contribution in [3.63, 3.8) is 0 Å². The molecule has 0 aliphatic carbocycles. The molecule has 1 aliphatic rings. The van der Waals surface area contributed by atoms with Crippen LogP contribution in [-0.4, -0.2) is 56.8 Å². The molecule has 0 saturated heterocycles. The first-order chi connectivity index (χ1) is 14.9. The molecule has 0 atom stereocenters. The van der Waals surface area contributed by atoms with Gasteiger partial charge < -0.3 is 13.3 Å². The van der Waals surface area contributed by atoms with Gasteiger partial charge in [-0.2, -0.15) is 0 Å². The van der Waals surface area contributed by atoms with Crippen molar-refractivity contribution in [3.8, 4) is 0 Å². The van der Waals surface area contributed by atoms with E-state index in [-0.39, 0.29) is 17.6 Å². The fraction of sp³-hybridized carbons (Fsp3) is 0.429. The minimum atomic E-state index is -2.89. The highest BCUT2D eigenvalue weighted by Crippen LogP contribution is 2.35. The number of nitro groups is 1. The van der Waals surface area contributed by atoms with Crippen molar-refractivity contribution in [1.82, 2.24) is 4.90 Å². The van der Waals surface area contributed by atoms with Crippen LogP contribution in [0.5, 0.6) is 0 Å². The molecule has 3 rings (SSSR count). The average Bonchev–Trinajstić information content (AvgIpc) is 2.74. The number of carbonyl (C=O) groups is 2. The predicted molar refractivity (Wildman–Crippen MR) is 116 cm³/mol. The van der Waals surface area contributed by atoms with Crippen LogP contribution >= 0.6 is 0 Å². The van der Waals surface area contributed by atoms with Gasteiger partial charge in [0.1, 0.15) is 0 Å². The molecule has 0 N–H and O–H groups in total. The second-order valence-electron chi connectivity index (χ2n) is 6.97. The van der Waals surface area contributed by atoms with E-state index >= 15 is 0 Å². The van der Waals surface area contributed by atoms with Crippen LogP contribution in [0.15, 0.2) is 30.3 Å². The third kappa shape index (κ3) is 4.37. The maximum absolute atomic E-state index is 13.1. The Morgan fingerprint density at radius 1 is 0.935 bits per heavy atom. The molecule has 166 valence electrons. The van der Waals surface area contributed by atoms with E-state index in [4.69, 9.17) is 13.3 Å². The molecule has 0 unspecified atom stereocenters. The van der Waals surface area contributed by atoms with Crippen LogP contribution in [0.3, 0.4) is 0 Å². The summed E-state index contributed by atoms with van der Waals surface area (Å²) in [4.78, 5) is 38.2. The smallest absolute Gasteiger partial charge is 0.374 e. The maximum Gasteiger partial charge on any atom is 0.500 e. The molecule has 31 heavy (non-hydrogen) atoms. The molecule has 2 aromatic carbocycles. The van der Waals surface area contributed by atoms with Gasteiger partial charge in [0.15, 0.2) is 0 Å². The third-order valence-electron chi connectivity index (χ3n) is 5.12. The Balaban J connectivity index is 1.86. The molecule has 0 aromatic heterocycles. The van der Waals surface area contributed by atoms with Crippen molar-refractivity contribution in [3.05, 3.63) is 51.6 Å². The summed E-state index contributed by atoms with van der Waals surface area (Å²) < 4.78 is 17.5. The number of nitrogens with zero attached hydrogens (tertiary/aromatic N) is 2. The predicted octanol–water partition coefficient (Wildman–Crippen LogP) is 3.78. The monoisotopic (exact) mass is 446 g/mol. The lowest BCUT2D eigenvalue weighted by molar-refractivity contribution is -0.383. The van der Waals surface area contributed by atoms with Crippen molar-refractivity contribution in [2.75, 3.05) is 26.4 Å². The number of non-ortho nitro benzene ring substituents is 1. The summed E-state index contributed by atoms with van der Waals surface area (Å²) in [7, 11) is -2.89. The van der Waals surface area contributed by atoms with Gasteiger partial charge in [-0.1, -0.05) is 6.07 Å². The highest BCUT2D eigenvalue weighted by atomic mass is 28.4. The van der Waals surface area contributed by atoms with Gasteiger partial charge in [0.05, 0.1) is 10.3 Å². The molecule has 9 nitrogen and oxygen atoms in total. The van der Waals surface area contributed by atoms with E-state index in [1.165, 1.54) is 17.0 Å². The summed E-state index contributed by atoms with van der Waals surface area (Å²) in [6.45, 7) is 7.12. The van der Waals surface area contributed by atoms with Crippen molar-refractivity contribution in [2.45, 2.75) is 33.2 Å². The van der Waals surface area contributed by atoms with Crippen LogP contribution < -0.4 is 0 Å². The van der Waals surface area contributed by atoms with Gasteiger partial charge in [-0.15, -0.1) is 0 Å². The Morgan fingerprint density at radius 3 is 2.06 bits per heavy atom. The molecular weight excluding hydrogens is 420 g/mol. The summed E-state index contributed by atoms with van der Waals surface area (Å²) in [5.41, 5.74) is 0.452. The standard InChI is InChI=1S/C21H26N2O7Si/c1-4-28-31(29-5-2,30-6-3)14-8-13-22-20(24)16-10-7-9-15-18(23(26)27)12-11-17(19(15)16)21(22)25/h7,9-12H,4-6,8,13-14H2,1-3H3. The molecule has 10 heteroatoms. The summed E-state index contributed by atoms with van der Waals surface area (Å²) in [6, 6.07) is 7.95. The highest BCUT2D eigenvalue weighted by molar-refractivity contribution is 6.60. The Morgan fingerprint density at radius 2 is 1.52 bits per heavy atom. The topological polar surface area (TPSA) is 108 Å². The van der Waals surface area contributed by atoms with Gasteiger partial charge in [0.2, 0.25) is 0 Å². The number of hydrogen-bond donors (Lipinski definition) is 0. The Labute approximate surface area is 181 Å². The quantitative estimate of drug-likeness (QED) is 0.224. The molecule has 2 aromatic rings. The van der Waals surface area contributed by atoms with Crippen LogP contribution in [0.4, 0.5) is 5.69 Å². The number of rotatable bonds is 11. The molecule has 1 heterocycles. The normalized spacial score (nSPS) is 13.8. The van der Waals surface area contributed by atoms with Gasteiger partial charge in [-0.25, -0.2) is 0 Å². The van der Waals surface area contributed by atoms with Gasteiger partial charge in [0, 0.05) is 55.0 Å². The molecule has 0 spiro atoms. The second-order valence-corrected chi connectivity index (χ2v) is 9.70. The second kappa shape index (κ2) is 9.65. The van der Waals surface area contributed by atoms with Crippen LogP contribution in [0.1, 0.15) is 47.9 Å². The van der Waals surface area contributed by atoms with E-state index in [0.717, 1.165) is 0 Å². The van der Waals surface area contributed by atoms with Crippen LogP contribution in [-0.2, 0) is 13.3 Å². The van der Waals surface area contributed by atoms with Crippen molar-refractivity contribution in [1.29, 1.82) is 0 Å². The Bertz CT molecular complexity index is 971. The number of imide groups is 1. The zero-order chi connectivity index (χ0) is 22.6. The van der Waals surface area contributed by atoms with Crippen LogP contribution in [0.2, 0.25) is 6.04 Å². The van der Waals surface area contributed by atoms with E-state index in [9.17, 15) is 19.7 Å². The molecule has 2 amide bonds. The van der Waals surface area contributed by atoms with E-state index in [0.29, 0.717) is 48.8 Å². The summed E-state index contributed by atoms with van der Waals surface area (Å²) in [5, 5.41) is 12.0. The molecule has 1 aliphatic heterocycles. The fourth-order valence-corrected chi connectivity index (χ4v) is 6.54. The lowest BCUT2D eigenvalue weighted by Crippen LogP contribution is -2.47. The van der Waals surface area contributed by atoms with E-state index in [2.05, 4.69) is 0 Å². The first-order valence-corrected chi connectivity index (χ1v) is 12.3. The van der Waals surface area contributed by atoms with Crippen molar-refractivity contribution < 1.29 is 27.8 Å². The number of amides is 2. The van der Waals surface area contributed by atoms with Crippen LogP contribution in [0.25, 0.3) is 10.8 Å². The number of hydrogen-bond acceptors (Lipinski definition) is 7. The van der Waals surface area contributed by atoms with Gasteiger partial charge >= 0.3 is 8.80 Å². The summed E-state index contributed by atoms with van der Waals surface area (Å²) in [5.74, 6) is -0.916. The van der Waals surface area contributed by atoms with Crippen LogP contribution in [0, 0.1) is 10.1 Å². The average molecular weight is 447 g/mol. The molecule has 0 fully saturated rings. The minimum Gasteiger partial charge on any atom is -0.374 e. The SMILES string of the molecule is CCO[Si](CCCN1C(=O)c2cccc3c([N+](=O)[O-])ccc(c23)C1=O)(OCC)OCC. The zero-order valence-electron chi connectivity index (χ0n) is 17.9. The highest BCUT2D eigenvalue weighted by Gasteiger charge is 2.41. The summed E-state index contributed by atoms with van der Waals surface area (Å²) in [6.07, 6.45) is 0.460. The van der Waals surface area contributed by atoms with Crippen molar-refractivity contribution in [2.24, 2.45) is 0 Å². The third-order valence-corrected chi connectivity index (χ3v) is 8.27. The first kappa shape index (κ1) is 23.0. The number of nitro benzene ring substituents is 1. The molecule has 0 radical (unpaired) electrons. The first-order valence-electron chi connectivity index (χ1n) is 10.4. The molecule has 0 bridgehead atoms.